The minimum atomic E-state index is -0.905. The minimum Gasteiger partial charge on any atom is -0.389 e. The molecule has 2 aromatic rings. The number of aromatic nitrogens is 2. The van der Waals surface area contributed by atoms with E-state index < -0.39 is 6.10 Å². The Bertz CT molecular complexity index is 738. The highest BCUT2D eigenvalue weighted by molar-refractivity contribution is 5.16. The van der Waals surface area contributed by atoms with E-state index in [2.05, 4.69) is 5.10 Å². The van der Waals surface area contributed by atoms with Crippen molar-refractivity contribution >= 4 is 0 Å². The van der Waals surface area contributed by atoms with E-state index in [1.807, 2.05) is 20.8 Å². The van der Waals surface area contributed by atoms with Crippen LogP contribution in [0.1, 0.15) is 32.0 Å². The van der Waals surface area contributed by atoms with Crippen LogP contribution in [0, 0.1) is 5.82 Å². The predicted molar refractivity (Wildman–Crippen MR) is 89.3 cm³/mol. The van der Waals surface area contributed by atoms with Gasteiger partial charge in [-0.3, -0.25) is 4.79 Å². The summed E-state index contributed by atoms with van der Waals surface area (Å²) < 4.78 is 20.0. The molecule has 24 heavy (non-hydrogen) atoms. The second kappa shape index (κ2) is 7.68. The zero-order valence-corrected chi connectivity index (χ0v) is 14.2. The Balaban J connectivity index is 1.94. The van der Waals surface area contributed by atoms with Crippen LogP contribution in [-0.2, 0) is 23.3 Å². The summed E-state index contributed by atoms with van der Waals surface area (Å²) in [5.41, 5.74) is 0.717. The Morgan fingerprint density at radius 2 is 1.96 bits per heavy atom. The number of halogens is 1. The number of ether oxygens (including phenoxy) is 1. The molecule has 0 aliphatic heterocycles. The van der Waals surface area contributed by atoms with Crippen LogP contribution in [0.2, 0.25) is 0 Å². The largest absolute Gasteiger partial charge is 0.389 e. The number of aliphatic hydroxyl groups excluding tert-OH is 1. The summed E-state index contributed by atoms with van der Waals surface area (Å²) in [6.07, 6.45) is -0.905. The van der Waals surface area contributed by atoms with Gasteiger partial charge in [0, 0.05) is 17.0 Å². The molecule has 1 aromatic heterocycles. The van der Waals surface area contributed by atoms with Crippen molar-refractivity contribution in [3.05, 3.63) is 63.8 Å². The van der Waals surface area contributed by atoms with E-state index in [9.17, 15) is 14.3 Å². The van der Waals surface area contributed by atoms with E-state index in [1.54, 1.807) is 24.3 Å². The maximum Gasteiger partial charge on any atom is 0.266 e. The summed E-state index contributed by atoms with van der Waals surface area (Å²) in [5.74, 6) is -0.345. The fourth-order valence-electron chi connectivity index (χ4n) is 2.15. The van der Waals surface area contributed by atoms with Gasteiger partial charge >= 0.3 is 0 Å². The molecule has 1 aromatic carbocycles. The molecular weight excluding hydrogens is 311 g/mol. The van der Waals surface area contributed by atoms with Gasteiger partial charge in [-0.15, -0.1) is 0 Å². The molecule has 0 saturated heterocycles. The molecule has 0 radical (unpaired) electrons. The van der Waals surface area contributed by atoms with Gasteiger partial charge in [-0.25, -0.2) is 9.07 Å². The standard InChI is InChI=1S/C18H23FN2O3/c1-18(2,3)16-8-9-17(23)21(20-16)10-14(22)12-24-11-13-6-4-5-7-15(13)19/h4-9,14,22H,10-12H2,1-3H3. The molecule has 0 amide bonds. The van der Waals surface area contributed by atoms with Crippen molar-refractivity contribution in [3.63, 3.8) is 0 Å². The van der Waals surface area contributed by atoms with Crippen LogP contribution in [0.15, 0.2) is 41.2 Å². The van der Waals surface area contributed by atoms with Crippen molar-refractivity contribution in [2.75, 3.05) is 6.61 Å². The van der Waals surface area contributed by atoms with Crippen LogP contribution in [-0.4, -0.2) is 27.6 Å². The zero-order valence-electron chi connectivity index (χ0n) is 14.2. The summed E-state index contributed by atoms with van der Waals surface area (Å²) in [7, 11) is 0. The predicted octanol–water partition coefficient (Wildman–Crippen LogP) is 2.26. The van der Waals surface area contributed by atoms with Crippen molar-refractivity contribution in [2.24, 2.45) is 0 Å². The van der Waals surface area contributed by atoms with E-state index in [4.69, 9.17) is 4.74 Å². The van der Waals surface area contributed by atoms with Crippen molar-refractivity contribution in [2.45, 2.75) is 45.4 Å². The molecule has 0 bridgehead atoms. The van der Waals surface area contributed by atoms with Gasteiger partial charge in [-0.05, 0) is 12.1 Å². The lowest BCUT2D eigenvalue weighted by Crippen LogP contribution is -2.32. The maximum atomic E-state index is 13.5. The molecule has 6 heteroatoms. The third-order valence-electron chi connectivity index (χ3n) is 3.54. The average Bonchev–Trinajstić information content (AvgIpc) is 2.50. The van der Waals surface area contributed by atoms with Gasteiger partial charge in [0.15, 0.2) is 0 Å². The Kier molecular flexibility index (Phi) is 5.85. The van der Waals surface area contributed by atoms with Gasteiger partial charge in [0.05, 0.1) is 31.6 Å². The third kappa shape index (κ3) is 4.97. The van der Waals surface area contributed by atoms with Crippen molar-refractivity contribution in [3.8, 4) is 0 Å². The second-order valence-electron chi connectivity index (χ2n) is 6.75. The quantitative estimate of drug-likeness (QED) is 0.880. The molecule has 0 aliphatic rings. The molecular formula is C18H23FN2O3. The SMILES string of the molecule is CC(C)(C)c1ccc(=O)n(CC(O)COCc2ccccc2F)n1. The van der Waals surface area contributed by atoms with E-state index in [-0.39, 0.29) is 36.5 Å². The lowest BCUT2D eigenvalue weighted by atomic mass is 9.92. The van der Waals surface area contributed by atoms with Crippen LogP contribution in [0.3, 0.4) is 0 Å². The molecule has 2 rings (SSSR count). The van der Waals surface area contributed by atoms with E-state index in [1.165, 1.54) is 16.8 Å². The molecule has 5 nitrogen and oxygen atoms in total. The first-order valence-electron chi connectivity index (χ1n) is 7.85. The monoisotopic (exact) mass is 334 g/mol. The van der Waals surface area contributed by atoms with Gasteiger partial charge < -0.3 is 9.84 Å². The number of rotatable bonds is 6. The smallest absolute Gasteiger partial charge is 0.266 e. The molecule has 1 unspecified atom stereocenters. The van der Waals surface area contributed by atoms with Crippen molar-refractivity contribution in [1.29, 1.82) is 0 Å². The molecule has 1 heterocycles. The number of hydrogen-bond donors (Lipinski definition) is 1. The van der Waals surface area contributed by atoms with Crippen LogP contribution in [0.5, 0.6) is 0 Å². The van der Waals surface area contributed by atoms with Gasteiger partial charge in [0.2, 0.25) is 0 Å². The van der Waals surface area contributed by atoms with Gasteiger partial charge in [0.1, 0.15) is 5.82 Å². The molecule has 1 N–H and O–H groups in total. The molecule has 130 valence electrons. The van der Waals surface area contributed by atoms with Crippen LogP contribution in [0.4, 0.5) is 4.39 Å². The summed E-state index contributed by atoms with van der Waals surface area (Å²) >= 11 is 0. The Morgan fingerprint density at radius 3 is 2.62 bits per heavy atom. The first kappa shape index (κ1) is 18.3. The molecule has 0 spiro atoms. The topological polar surface area (TPSA) is 64.4 Å². The third-order valence-corrected chi connectivity index (χ3v) is 3.54. The summed E-state index contributed by atoms with van der Waals surface area (Å²) in [6.45, 7) is 6.07. The lowest BCUT2D eigenvalue weighted by Gasteiger charge is -2.19. The van der Waals surface area contributed by atoms with E-state index in [0.717, 1.165) is 5.69 Å². The van der Waals surface area contributed by atoms with E-state index >= 15 is 0 Å². The van der Waals surface area contributed by atoms with Crippen molar-refractivity contribution in [1.82, 2.24) is 9.78 Å². The zero-order chi connectivity index (χ0) is 17.7. The molecule has 1 atom stereocenters. The Morgan fingerprint density at radius 1 is 1.25 bits per heavy atom. The molecule has 0 aliphatic carbocycles. The van der Waals surface area contributed by atoms with Crippen LogP contribution >= 0.6 is 0 Å². The van der Waals surface area contributed by atoms with Crippen LogP contribution < -0.4 is 5.56 Å². The normalized spacial score (nSPS) is 13.0. The Labute approximate surface area is 140 Å². The number of benzene rings is 1. The summed E-state index contributed by atoms with van der Waals surface area (Å²) in [5, 5.41) is 14.3. The first-order valence-corrected chi connectivity index (χ1v) is 7.85. The first-order chi connectivity index (χ1) is 11.3. The highest BCUT2D eigenvalue weighted by Crippen LogP contribution is 2.18. The van der Waals surface area contributed by atoms with Gasteiger partial charge in [-0.1, -0.05) is 39.0 Å². The van der Waals surface area contributed by atoms with Crippen molar-refractivity contribution < 1.29 is 14.2 Å². The highest BCUT2D eigenvalue weighted by Gasteiger charge is 2.17. The fraction of sp³-hybridized carbons (Fsp3) is 0.444. The number of nitrogens with zero attached hydrogens (tertiary/aromatic N) is 2. The molecule has 0 fully saturated rings. The lowest BCUT2D eigenvalue weighted by molar-refractivity contribution is 0.0170. The van der Waals surface area contributed by atoms with Gasteiger partial charge in [0.25, 0.3) is 5.56 Å². The summed E-state index contributed by atoms with van der Waals surface area (Å²) in [4.78, 5) is 11.9. The molecule has 0 saturated carbocycles. The number of aliphatic hydroxyl groups is 1. The minimum absolute atomic E-state index is 0.0117. The Hall–Kier alpha value is -2.05. The van der Waals surface area contributed by atoms with Gasteiger partial charge in [-0.2, -0.15) is 5.10 Å². The average molecular weight is 334 g/mol. The second-order valence-corrected chi connectivity index (χ2v) is 6.75. The van der Waals surface area contributed by atoms with Crippen LogP contribution in [0.25, 0.3) is 0 Å². The maximum absolute atomic E-state index is 13.5. The van der Waals surface area contributed by atoms with E-state index in [0.29, 0.717) is 5.56 Å². The highest BCUT2D eigenvalue weighted by atomic mass is 19.1. The fourth-order valence-corrected chi connectivity index (χ4v) is 2.15. The number of hydrogen-bond acceptors (Lipinski definition) is 4. The summed E-state index contributed by atoms with van der Waals surface area (Å²) in [6, 6.07) is 9.45.